The van der Waals surface area contributed by atoms with Crippen LogP contribution in [0.4, 0.5) is 8.78 Å². The minimum absolute atomic E-state index is 0.0135. The summed E-state index contributed by atoms with van der Waals surface area (Å²) in [5.74, 6) is -0.489. The maximum absolute atomic E-state index is 12.2. The van der Waals surface area contributed by atoms with Gasteiger partial charge in [-0.2, -0.15) is 8.78 Å². The number of hydrogen-bond donors (Lipinski definition) is 2. The number of carbonyl (C=O) groups excluding carboxylic acids is 1. The van der Waals surface area contributed by atoms with E-state index in [0.717, 1.165) is 10.6 Å². The zero-order valence-corrected chi connectivity index (χ0v) is 12.7. The fourth-order valence-electron chi connectivity index (χ4n) is 2.05. The van der Waals surface area contributed by atoms with Crippen molar-refractivity contribution in [3.05, 3.63) is 62.9 Å². The minimum atomic E-state index is -2.93. The normalized spacial score (nSPS) is 12.0. The summed E-state index contributed by atoms with van der Waals surface area (Å²) in [4.78, 5) is 36.5. The minimum Gasteiger partial charge on any atom is -0.435 e. The van der Waals surface area contributed by atoms with Crippen molar-refractivity contribution in [2.45, 2.75) is 26.1 Å². The highest BCUT2D eigenvalue weighted by molar-refractivity contribution is 5.76. The number of hydrogen-bond acceptors (Lipinski definition) is 4. The summed E-state index contributed by atoms with van der Waals surface area (Å²) >= 11 is 0. The van der Waals surface area contributed by atoms with Crippen LogP contribution < -0.4 is 21.3 Å². The lowest BCUT2D eigenvalue weighted by molar-refractivity contribution is -0.122. The Morgan fingerprint density at radius 3 is 2.75 bits per heavy atom. The summed E-state index contributed by atoms with van der Waals surface area (Å²) in [5, 5.41) is 2.63. The highest BCUT2D eigenvalue weighted by Crippen LogP contribution is 2.20. The van der Waals surface area contributed by atoms with Gasteiger partial charge in [-0.15, -0.1) is 0 Å². The molecule has 9 heteroatoms. The molecule has 2 rings (SSSR count). The summed E-state index contributed by atoms with van der Waals surface area (Å²) in [6, 6.07) is 6.59. The smallest absolute Gasteiger partial charge is 0.387 e. The summed E-state index contributed by atoms with van der Waals surface area (Å²) in [7, 11) is 0. The first-order valence-electron chi connectivity index (χ1n) is 6.99. The Kier molecular flexibility index (Phi) is 5.46. The predicted molar refractivity (Wildman–Crippen MR) is 81.0 cm³/mol. The topological polar surface area (TPSA) is 93.2 Å². The second-order valence-electron chi connectivity index (χ2n) is 4.98. The molecule has 0 saturated heterocycles. The van der Waals surface area contributed by atoms with Gasteiger partial charge in [0.25, 0.3) is 5.56 Å². The van der Waals surface area contributed by atoms with Crippen molar-refractivity contribution in [2.75, 3.05) is 0 Å². The zero-order valence-electron chi connectivity index (χ0n) is 12.7. The molecule has 2 N–H and O–H groups in total. The predicted octanol–water partition coefficient (Wildman–Crippen LogP) is 1.02. The molecular formula is C15H15F2N3O4. The molecule has 0 aliphatic rings. The molecule has 0 spiro atoms. The molecule has 0 fully saturated rings. The van der Waals surface area contributed by atoms with Gasteiger partial charge < -0.3 is 10.1 Å². The molecule has 0 aliphatic carbocycles. The van der Waals surface area contributed by atoms with E-state index in [-0.39, 0.29) is 12.3 Å². The van der Waals surface area contributed by atoms with Gasteiger partial charge in [0.1, 0.15) is 12.3 Å². The van der Waals surface area contributed by atoms with Crippen molar-refractivity contribution in [1.29, 1.82) is 0 Å². The maximum Gasteiger partial charge on any atom is 0.387 e. The number of rotatable bonds is 6. The van der Waals surface area contributed by atoms with Gasteiger partial charge in [-0.05, 0) is 24.6 Å². The second kappa shape index (κ2) is 7.53. The summed E-state index contributed by atoms with van der Waals surface area (Å²) < 4.78 is 29.8. The van der Waals surface area contributed by atoms with Gasteiger partial charge in [0.2, 0.25) is 5.91 Å². The molecule has 0 aliphatic heterocycles. The highest BCUT2D eigenvalue weighted by Gasteiger charge is 2.12. The van der Waals surface area contributed by atoms with E-state index < -0.39 is 29.8 Å². The number of aromatic amines is 1. The van der Waals surface area contributed by atoms with Crippen LogP contribution in [0.5, 0.6) is 5.75 Å². The molecule has 1 unspecified atom stereocenters. The third-order valence-corrected chi connectivity index (χ3v) is 3.17. The SMILES string of the molecule is CC(NC(=O)Cn1ccc(=O)[nH]c1=O)c1cccc(OC(F)F)c1. The van der Waals surface area contributed by atoms with Gasteiger partial charge in [0.15, 0.2) is 0 Å². The summed E-state index contributed by atoms with van der Waals surface area (Å²) in [5.41, 5.74) is -0.686. The monoisotopic (exact) mass is 339 g/mol. The molecule has 128 valence electrons. The molecule has 1 heterocycles. The Labute approximate surface area is 134 Å². The van der Waals surface area contributed by atoms with E-state index in [1.54, 1.807) is 13.0 Å². The second-order valence-corrected chi connectivity index (χ2v) is 4.98. The van der Waals surface area contributed by atoms with Crippen LogP contribution in [0.2, 0.25) is 0 Å². The van der Waals surface area contributed by atoms with Crippen LogP contribution >= 0.6 is 0 Å². The number of aromatic nitrogens is 2. The van der Waals surface area contributed by atoms with E-state index in [1.807, 2.05) is 4.98 Å². The van der Waals surface area contributed by atoms with Crippen molar-refractivity contribution in [3.63, 3.8) is 0 Å². The number of halogens is 2. The zero-order chi connectivity index (χ0) is 17.7. The van der Waals surface area contributed by atoms with Gasteiger partial charge in [-0.25, -0.2) is 4.79 Å². The molecule has 0 bridgehead atoms. The first kappa shape index (κ1) is 17.4. The molecule has 0 radical (unpaired) electrons. The average molecular weight is 339 g/mol. The fraction of sp³-hybridized carbons (Fsp3) is 0.267. The number of nitrogens with zero attached hydrogens (tertiary/aromatic N) is 1. The highest BCUT2D eigenvalue weighted by atomic mass is 19.3. The third-order valence-electron chi connectivity index (χ3n) is 3.17. The number of benzene rings is 1. The molecule has 7 nitrogen and oxygen atoms in total. The first-order valence-corrected chi connectivity index (χ1v) is 6.99. The Morgan fingerprint density at radius 2 is 2.08 bits per heavy atom. The lowest BCUT2D eigenvalue weighted by Gasteiger charge is -2.16. The molecule has 1 aromatic carbocycles. The number of H-pyrrole nitrogens is 1. The number of carbonyl (C=O) groups is 1. The van der Waals surface area contributed by atoms with Crippen LogP contribution in [-0.4, -0.2) is 22.1 Å². The number of ether oxygens (including phenoxy) is 1. The van der Waals surface area contributed by atoms with Crippen molar-refractivity contribution >= 4 is 5.91 Å². The van der Waals surface area contributed by atoms with E-state index in [0.29, 0.717) is 5.56 Å². The molecule has 24 heavy (non-hydrogen) atoms. The third kappa shape index (κ3) is 4.77. The van der Waals surface area contributed by atoms with E-state index in [4.69, 9.17) is 0 Å². The maximum atomic E-state index is 12.2. The number of amides is 1. The lowest BCUT2D eigenvalue weighted by atomic mass is 10.1. The first-order chi connectivity index (χ1) is 11.3. The Hall–Kier alpha value is -2.97. The van der Waals surface area contributed by atoms with Crippen molar-refractivity contribution in [2.24, 2.45) is 0 Å². The van der Waals surface area contributed by atoms with E-state index in [9.17, 15) is 23.2 Å². The standard InChI is InChI=1S/C15H15F2N3O4/c1-9(10-3-2-4-11(7-10)24-14(16)17)18-13(22)8-20-6-5-12(21)19-15(20)23/h2-7,9,14H,8H2,1H3,(H,18,22)(H,19,21,23). The number of alkyl halides is 2. The Bertz CT molecular complexity index is 832. The molecule has 1 amide bonds. The Morgan fingerprint density at radius 1 is 1.33 bits per heavy atom. The fourth-order valence-corrected chi connectivity index (χ4v) is 2.05. The summed E-state index contributed by atoms with van der Waals surface area (Å²) in [6.45, 7) is -1.56. The van der Waals surface area contributed by atoms with Gasteiger partial charge in [-0.3, -0.25) is 19.1 Å². The van der Waals surface area contributed by atoms with Gasteiger partial charge in [0, 0.05) is 12.3 Å². The van der Waals surface area contributed by atoms with Crippen LogP contribution in [-0.2, 0) is 11.3 Å². The Balaban J connectivity index is 2.03. The average Bonchev–Trinajstić information content (AvgIpc) is 2.49. The lowest BCUT2D eigenvalue weighted by Crippen LogP contribution is -2.36. The van der Waals surface area contributed by atoms with Crippen LogP contribution in [0.1, 0.15) is 18.5 Å². The van der Waals surface area contributed by atoms with E-state index in [2.05, 4.69) is 10.1 Å². The molecule has 1 aromatic heterocycles. The molecular weight excluding hydrogens is 324 g/mol. The van der Waals surface area contributed by atoms with Crippen LogP contribution in [0.15, 0.2) is 46.1 Å². The summed E-state index contributed by atoms with van der Waals surface area (Å²) in [6.07, 6.45) is 1.21. The van der Waals surface area contributed by atoms with E-state index in [1.165, 1.54) is 24.4 Å². The van der Waals surface area contributed by atoms with Crippen molar-refractivity contribution in [1.82, 2.24) is 14.9 Å². The molecule has 0 saturated carbocycles. The largest absolute Gasteiger partial charge is 0.435 e. The molecule has 2 aromatic rings. The van der Waals surface area contributed by atoms with Crippen LogP contribution in [0, 0.1) is 0 Å². The van der Waals surface area contributed by atoms with Crippen LogP contribution in [0.25, 0.3) is 0 Å². The number of nitrogens with one attached hydrogen (secondary N) is 2. The van der Waals surface area contributed by atoms with E-state index >= 15 is 0 Å². The quantitative estimate of drug-likeness (QED) is 0.822. The van der Waals surface area contributed by atoms with Crippen molar-refractivity contribution < 1.29 is 18.3 Å². The van der Waals surface area contributed by atoms with Crippen molar-refractivity contribution in [3.8, 4) is 5.75 Å². The molecule has 1 atom stereocenters. The van der Waals surface area contributed by atoms with Crippen LogP contribution in [0.3, 0.4) is 0 Å². The van der Waals surface area contributed by atoms with Gasteiger partial charge >= 0.3 is 12.3 Å². The van der Waals surface area contributed by atoms with Gasteiger partial charge in [-0.1, -0.05) is 12.1 Å². The van der Waals surface area contributed by atoms with Gasteiger partial charge in [0.05, 0.1) is 6.04 Å².